The summed E-state index contributed by atoms with van der Waals surface area (Å²) in [5.41, 5.74) is 6.43. The molecule has 1 amide bonds. The Kier molecular flexibility index (Phi) is 9.61. The lowest BCUT2D eigenvalue weighted by atomic mass is 9.78. The first-order valence-corrected chi connectivity index (χ1v) is 13.7. The average Bonchev–Trinajstić information content (AvgIpc) is 3.28. The van der Waals surface area contributed by atoms with Gasteiger partial charge >= 0.3 is 0 Å². The number of nitrogens with zero attached hydrogens (tertiary/aromatic N) is 1. The third-order valence-electron chi connectivity index (χ3n) is 8.07. The number of nitrogens with two attached hydrogens (primary N) is 1. The van der Waals surface area contributed by atoms with E-state index in [1.165, 1.54) is 19.2 Å². The van der Waals surface area contributed by atoms with E-state index in [4.69, 9.17) is 19.9 Å². The molecule has 0 spiro atoms. The number of methoxy groups -OCH3 is 2. The third-order valence-corrected chi connectivity index (χ3v) is 8.07. The number of aliphatic hydroxyl groups is 2. The Morgan fingerprint density at radius 3 is 2.69 bits per heavy atom. The molecule has 1 aliphatic heterocycles. The number of hydrogen-bond donors (Lipinski definition) is 3. The highest BCUT2D eigenvalue weighted by molar-refractivity contribution is 5.79. The van der Waals surface area contributed by atoms with Gasteiger partial charge in [0, 0.05) is 43.3 Å². The normalized spacial score (nSPS) is 24.9. The summed E-state index contributed by atoms with van der Waals surface area (Å²) in [6.45, 7) is 3.14. The van der Waals surface area contributed by atoms with Gasteiger partial charge in [-0.05, 0) is 56.7 Å². The Morgan fingerprint density at radius 1 is 1.23 bits per heavy atom. The molecule has 0 unspecified atom stereocenters. The maximum absolute atomic E-state index is 15.7. The molecule has 1 heterocycles. The van der Waals surface area contributed by atoms with E-state index in [-0.39, 0.29) is 37.0 Å². The largest absolute Gasteiger partial charge is 0.496 e. The second-order valence-electron chi connectivity index (χ2n) is 10.8. The first-order valence-electron chi connectivity index (χ1n) is 13.7. The minimum absolute atomic E-state index is 0.109. The zero-order valence-electron chi connectivity index (χ0n) is 23.1. The number of hydrogen-bond acceptors (Lipinski definition) is 7. The van der Waals surface area contributed by atoms with Gasteiger partial charge in [-0.15, -0.1) is 0 Å². The van der Waals surface area contributed by atoms with Crippen molar-refractivity contribution in [2.45, 2.75) is 62.9 Å². The lowest BCUT2D eigenvalue weighted by Crippen LogP contribution is -2.55. The maximum Gasteiger partial charge on any atom is 0.226 e. The predicted octanol–water partition coefficient (Wildman–Crippen LogP) is 3.14. The van der Waals surface area contributed by atoms with E-state index in [1.807, 2.05) is 31.2 Å². The van der Waals surface area contributed by atoms with E-state index >= 15 is 4.39 Å². The summed E-state index contributed by atoms with van der Waals surface area (Å²) < 4.78 is 32.8. The highest BCUT2D eigenvalue weighted by atomic mass is 19.1. The molecule has 0 aromatic heterocycles. The lowest BCUT2D eigenvalue weighted by molar-refractivity contribution is -0.168. The lowest BCUT2D eigenvalue weighted by Gasteiger charge is -2.44. The monoisotopic (exact) mass is 544 g/mol. The van der Waals surface area contributed by atoms with Gasteiger partial charge in [0.1, 0.15) is 23.3 Å². The van der Waals surface area contributed by atoms with Crippen molar-refractivity contribution in [1.29, 1.82) is 0 Å². The van der Waals surface area contributed by atoms with Crippen LogP contribution in [0.25, 0.3) is 11.1 Å². The molecule has 4 N–H and O–H groups in total. The van der Waals surface area contributed by atoms with E-state index in [1.54, 1.807) is 12.0 Å². The van der Waals surface area contributed by atoms with Crippen LogP contribution in [0.2, 0.25) is 0 Å². The van der Waals surface area contributed by atoms with Crippen LogP contribution in [0.1, 0.15) is 43.2 Å². The molecule has 2 aliphatic rings. The first kappa shape index (κ1) is 29.4. The molecule has 0 bridgehead atoms. The molecule has 4 rings (SSSR count). The molecule has 8 nitrogen and oxygen atoms in total. The number of morpholine rings is 1. The van der Waals surface area contributed by atoms with Crippen molar-refractivity contribution >= 4 is 5.91 Å². The highest BCUT2D eigenvalue weighted by Crippen LogP contribution is 2.46. The van der Waals surface area contributed by atoms with E-state index in [0.717, 1.165) is 5.56 Å². The molecule has 0 radical (unpaired) electrons. The summed E-state index contributed by atoms with van der Waals surface area (Å²) >= 11 is 0. The number of unbranched alkanes of at least 4 members (excludes halogenated alkanes) is 1. The predicted molar refractivity (Wildman–Crippen MR) is 146 cm³/mol. The summed E-state index contributed by atoms with van der Waals surface area (Å²) in [5, 5.41) is 22.7. The van der Waals surface area contributed by atoms with Crippen LogP contribution >= 0.6 is 0 Å². The Bertz CT molecular complexity index is 1140. The summed E-state index contributed by atoms with van der Waals surface area (Å²) in [5.74, 6) is -0.624. The van der Waals surface area contributed by atoms with Crippen LogP contribution in [0, 0.1) is 18.7 Å². The number of ether oxygens (including phenoxy) is 3. The fraction of sp³-hybridized carbons (Fsp3) is 0.567. The van der Waals surface area contributed by atoms with Crippen molar-refractivity contribution in [3.8, 4) is 16.9 Å². The number of rotatable bonds is 10. The van der Waals surface area contributed by atoms with Gasteiger partial charge in [-0.1, -0.05) is 29.8 Å². The minimum Gasteiger partial charge on any atom is -0.496 e. The Morgan fingerprint density at radius 2 is 2.03 bits per heavy atom. The van der Waals surface area contributed by atoms with Crippen LogP contribution in [0.15, 0.2) is 36.4 Å². The zero-order valence-corrected chi connectivity index (χ0v) is 23.1. The quantitative estimate of drug-likeness (QED) is 0.394. The first-order chi connectivity index (χ1) is 18.7. The standard InChI is InChI=1S/C30H41FN2O6/c1-19-7-6-8-20(15-19)27-22(31)9-10-25(38-3)28(27)30(36,11-4-5-13-37-2)26-18-33(12-14-39-26)29(35)21-16-23(32)24(34)17-21/h6-10,15,21,23-24,26,34,36H,4-5,11-14,16-18,32H2,1-3H3/t21-,23+,24-,26+,30-/m0/s1. The molecule has 5 atom stereocenters. The molecule has 2 aromatic carbocycles. The molecule has 39 heavy (non-hydrogen) atoms. The summed E-state index contributed by atoms with van der Waals surface area (Å²) in [6.07, 6.45) is 0.697. The maximum atomic E-state index is 15.7. The second kappa shape index (κ2) is 12.7. The number of aliphatic hydroxyl groups excluding tert-OH is 1. The minimum atomic E-state index is -1.68. The van der Waals surface area contributed by atoms with Gasteiger partial charge < -0.3 is 35.1 Å². The van der Waals surface area contributed by atoms with Crippen molar-refractivity contribution in [3.63, 3.8) is 0 Å². The van der Waals surface area contributed by atoms with Crippen molar-refractivity contribution in [3.05, 3.63) is 53.3 Å². The molecule has 2 aromatic rings. The van der Waals surface area contributed by atoms with Gasteiger partial charge in [-0.25, -0.2) is 4.39 Å². The van der Waals surface area contributed by atoms with Crippen LogP contribution in [0.3, 0.4) is 0 Å². The number of carbonyl (C=O) groups is 1. The van der Waals surface area contributed by atoms with Crippen molar-refractivity contribution in [2.75, 3.05) is 40.5 Å². The number of halogens is 1. The molecule has 1 aliphatic carbocycles. The molecule has 1 saturated heterocycles. The van der Waals surface area contributed by atoms with Crippen LogP contribution < -0.4 is 10.5 Å². The van der Waals surface area contributed by atoms with Gasteiger partial charge in [-0.2, -0.15) is 0 Å². The SMILES string of the molecule is COCCCC[C@@](O)(c1c(OC)ccc(F)c1-c1cccc(C)c1)[C@H]1CN(C(=O)[C@H]2C[C@@H](N)[C@@H](O)C2)CCO1. The van der Waals surface area contributed by atoms with Crippen molar-refractivity contribution in [1.82, 2.24) is 4.90 Å². The molecular weight excluding hydrogens is 503 g/mol. The van der Waals surface area contributed by atoms with Crippen molar-refractivity contribution in [2.24, 2.45) is 11.7 Å². The molecule has 214 valence electrons. The summed E-state index contributed by atoms with van der Waals surface area (Å²) in [4.78, 5) is 15.1. The van der Waals surface area contributed by atoms with Crippen LogP contribution in [0.5, 0.6) is 5.75 Å². The summed E-state index contributed by atoms with van der Waals surface area (Å²) in [6, 6.07) is 9.91. The number of carbonyl (C=O) groups excluding carboxylic acids is 1. The fourth-order valence-electron chi connectivity index (χ4n) is 5.98. The van der Waals surface area contributed by atoms with Gasteiger partial charge in [0.2, 0.25) is 5.91 Å². The fourth-order valence-corrected chi connectivity index (χ4v) is 5.98. The van der Waals surface area contributed by atoms with Crippen LogP contribution in [0.4, 0.5) is 4.39 Å². The molecule has 2 fully saturated rings. The van der Waals surface area contributed by atoms with Gasteiger partial charge in [0.05, 0.1) is 26.4 Å². The molecule has 1 saturated carbocycles. The number of aryl methyl sites for hydroxylation is 1. The molecule has 9 heteroatoms. The van der Waals surface area contributed by atoms with Crippen LogP contribution in [-0.4, -0.2) is 79.8 Å². The van der Waals surface area contributed by atoms with Crippen molar-refractivity contribution < 1.29 is 33.6 Å². The highest BCUT2D eigenvalue weighted by Gasteiger charge is 2.47. The number of benzene rings is 2. The third kappa shape index (κ3) is 6.28. The van der Waals surface area contributed by atoms with E-state index in [2.05, 4.69) is 0 Å². The Balaban J connectivity index is 1.76. The van der Waals surface area contributed by atoms with Gasteiger partial charge in [0.15, 0.2) is 0 Å². The topological polar surface area (TPSA) is 114 Å². The average molecular weight is 545 g/mol. The van der Waals surface area contributed by atoms with Crippen LogP contribution in [-0.2, 0) is 19.9 Å². The Labute approximate surface area is 229 Å². The molecular formula is C30H41FN2O6. The van der Waals surface area contributed by atoms with Gasteiger partial charge in [-0.3, -0.25) is 4.79 Å². The Hall–Kier alpha value is -2.56. The van der Waals surface area contributed by atoms with E-state index < -0.39 is 29.7 Å². The zero-order chi connectivity index (χ0) is 28.2. The van der Waals surface area contributed by atoms with E-state index in [9.17, 15) is 15.0 Å². The number of amides is 1. The van der Waals surface area contributed by atoms with E-state index in [0.29, 0.717) is 55.7 Å². The smallest absolute Gasteiger partial charge is 0.226 e. The second-order valence-corrected chi connectivity index (χ2v) is 10.8. The van der Waals surface area contributed by atoms with Gasteiger partial charge in [0.25, 0.3) is 0 Å². The summed E-state index contributed by atoms with van der Waals surface area (Å²) in [7, 11) is 3.12.